The van der Waals surface area contributed by atoms with Crippen LogP contribution in [0.5, 0.6) is 0 Å². The summed E-state index contributed by atoms with van der Waals surface area (Å²) in [6.07, 6.45) is 1.06. The van der Waals surface area contributed by atoms with Crippen LogP contribution in [0.3, 0.4) is 0 Å². The fourth-order valence-electron chi connectivity index (χ4n) is 2.03. The first-order chi connectivity index (χ1) is 9.25. The normalized spacial score (nSPS) is 11.8. The summed E-state index contributed by atoms with van der Waals surface area (Å²) in [7, 11) is 0. The van der Waals surface area contributed by atoms with E-state index in [9.17, 15) is 4.79 Å². The Balaban J connectivity index is 2.12. The number of para-hydroxylation sites is 1. The van der Waals surface area contributed by atoms with E-state index in [0.29, 0.717) is 12.8 Å². The standard InChI is InChI=1S/C16H18N2O/c17-16(19)12-11-15(13-7-3-1-4-8-13)18-14-9-5-2-6-10-14/h1-10,15,18H,11-12H2,(H2,17,19). The van der Waals surface area contributed by atoms with Crippen LogP contribution in [0, 0.1) is 0 Å². The van der Waals surface area contributed by atoms with E-state index in [1.807, 2.05) is 48.5 Å². The highest BCUT2D eigenvalue weighted by molar-refractivity contribution is 5.73. The molecule has 0 aliphatic heterocycles. The maximum atomic E-state index is 11.0. The zero-order valence-electron chi connectivity index (χ0n) is 10.8. The molecule has 3 N–H and O–H groups in total. The van der Waals surface area contributed by atoms with Crippen LogP contribution in [0.4, 0.5) is 5.69 Å². The van der Waals surface area contributed by atoms with E-state index in [2.05, 4.69) is 17.4 Å². The number of nitrogens with two attached hydrogens (primary N) is 1. The first-order valence-electron chi connectivity index (χ1n) is 6.40. The van der Waals surface area contributed by atoms with Gasteiger partial charge in [0.2, 0.25) is 5.91 Å². The number of hydrogen-bond acceptors (Lipinski definition) is 2. The largest absolute Gasteiger partial charge is 0.378 e. The van der Waals surface area contributed by atoms with Gasteiger partial charge in [-0.2, -0.15) is 0 Å². The van der Waals surface area contributed by atoms with E-state index in [1.165, 1.54) is 0 Å². The third-order valence-corrected chi connectivity index (χ3v) is 3.00. The molecular weight excluding hydrogens is 236 g/mol. The lowest BCUT2D eigenvalue weighted by molar-refractivity contribution is -0.118. The van der Waals surface area contributed by atoms with Crippen molar-refractivity contribution < 1.29 is 4.79 Å². The van der Waals surface area contributed by atoms with Crippen LogP contribution in [0.1, 0.15) is 24.4 Å². The quantitative estimate of drug-likeness (QED) is 0.832. The average molecular weight is 254 g/mol. The Bertz CT molecular complexity index is 511. The maximum absolute atomic E-state index is 11.0. The van der Waals surface area contributed by atoms with Crippen LogP contribution in [-0.2, 0) is 4.79 Å². The first kappa shape index (κ1) is 13.1. The van der Waals surface area contributed by atoms with E-state index in [-0.39, 0.29) is 11.9 Å². The van der Waals surface area contributed by atoms with Gasteiger partial charge in [-0.05, 0) is 24.1 Å². The van der Waals surface area contributed by atoms with E-state index in [1.54, 1.807) is 0 Å². The van der Waals surface area contributed by atoms with Crippen molar-refractivity contribution in [2.45, 2.75) is 18.9 Å². The molecule has 2 aromatic rings. The van der Waals surface area contributed by atoms with Crippen LogP contribution in [0.2, 0.25) is 0 Å². The van der Waals surface area contributed by atoms with Crippen molar-refractivity contribution in [1.29, 1.82) is 0 Å². The Labute approximate surface area is 113 Å². The van der Waals surface area contributed by atoms with Gasteiger partial charge in [-0.1, -0.05) is 48.5 Å². The average Bonchev–Trinajstić information content (AvgIpc) is 2.45. The van der Waals surface area contributed by atoms with Gasteiger partial charge in [0.05, 0.1) is 6.04 Å². The zero-order valence-corrected chi connectivity index (χ0v) is 10.8. The fraction of sp³-hybridized carbons (Fsp3) is 0.188. The summed E-state index contributed by atoms with van der Waals surface area (Å²) in [6.45, 7) is 0. The molecule has 1 atom stereocenters. The van der Waals surface area contributed by atoms with Crippen molar-refractivity contribution in [3.63, 3.8) is 0 Å². The Morgan fingerprint density at radius 2 is 1.58 bits per heavy atom. The highest BCUT2D eigenvalue weighted by Crippen LogP contribution is 2.23. The third-order valence-electron chi connectivity index (χ3n) is 3.00. The molecule has 3 heteroatoms. The summed E-state index contributed by atoms with van der Waals surface area (Å²) in [5, 5.41) is 3.44. The molecule has 1 amide bonds. The minimum atomic E-state index is -0.268. The first-order valence-corrected chi connectivity index (χ1v) is 6.40. The molecule has 0 radical (unpaired) electrons. The minimum absolute atomic E-state index is 0.0936. The van der Waals surface area contributed by atoms with Gasteiger partial charge in [0, 0.05) is 12.1 Å². The number of primary amides is 1. The van der Waals surface area contributed by atoms with Gasteiger partial charge in [0.25, 0.3) is 0 Å². The SMILES string of the molecule is NC(=O)CCC(Nc1ccccc1)c1ccccc1. The highest BCUT2D eigenvalue weighted by Gasteiger charge is 2.12. The summed E-state index contributed by atoms with van der Waals surface area (Å²) in [5.41, 5.74) is 7.45. The second-order valence-corrected chi connectivity index (χ2v) is 4.48. The van der Waals surface area contributed by atoms with Gasteiger partial charge in [0.1, 0.15) is 0 Å². The number of amides is 1. The Kier molecular flexibility index (Phi) is 4.56. The number of carbonyl (C=O) groups is 1. The molecule has 2 aromatic carbocycles. The molecule has 0 aromatic heterocycles. The van der Waals surface area contributed by atoms with Crippen molar-refractivity contribution >= 4 is 11.6 Å². The molecule has 98 valence electrons. The molecule has 0 aliphatic carbocycles. The Morgan fingerprint density at radius 3 is 2.16 bits per heavy atom. The number of rotatable bonds is 6. The molecule has 19 heavy (non-hydrogen) atoms. The highest BCUT2D eigenvalue weighted by atomic mass is 16.1. The number of anilines is 1. The molecule has 2 rings (SSSR count). The lowest BCUT2D eigenvalue weighted by Gasteiger charge is -2.20. The molecule has 0 saturated carbocycles. The van der Waals surface area contributed by atoms with Crippen molar-refractivity contribution in [2.24, 2.45) is 5.73 Å². The Hall–Kier alpha value is -2.29. The third kappa shape index (κ3) is 4.14. The number of benzene rings is 2. The summed E-state index contributed by atoms with van der Waals surface area (Å²) >= 11 is 0. The topological polar surface area (TPSA) is 55.1 Å². The molecule has 0 fully saturated rings. The van der Waals surface area contributed by atoms with Gasteiger partial charge in [-0.15, -0.1) is 0 Å². The van der Waals surface area contributed by atoms with Gasteiger partial charge in [0.15, 0.2) is 0 Å². The number of hydrogen-bond donors (Lipinski definition) is 2. The van der Waals surface area contributed by atoms with Crippen molar-refractivity contribution in [2.75, 3.05) is 5.32 Å². The lowest BCUT2D eigenvalue weighted by Crippen LogP contribution is -2.16. The molecule has 1 unspecified atom stereocenters. The monoisotopic (exact) mass is 254 g/mol. The summed E-state index contributed by atoms with van der Waals surface area (Å²) in [4.78, 5) is 11.0. The molecule has 0 aliphatic rings. The molecule has 0 bridgehead atoms. The van der Waals surface area contributed by atoms with E-state index >= 15 is 0 Å². The van der Waals surface area contributed by atoms with Crippen LogP contribution >= 0.6 is 0 Å². The molecule has 0 spiro atoms. The fourth-order valence-corrected chi connectivity index (χ4v) is 2.03. The van der Waals surface area contributed by atoms with Crippen molar-refractivity contribution in [1.82, 2.24) is 0 Å². The molecular formula is C16H18N2O. The summed E-state index contributed by atoms with van der Waals surface area (Å²) < 4.78 is 0. The van der Waals surface area contributed by atoms with Crippen molar-refractivity contribution in [3.8, 4) is 0 Å². The van der Waals surface area contributed by atoms with Crippen LogP contribution < -0.4 is 11.1 Å². The van der Waals surface area contributed by atoms with Crippen molar-refractivity contribution in [3.05, 3.63) is 66.2 Å². The minimum Gasteiger partial charge on any atom is -0.378 e. The van der Waals surface area contributed by atoms with Gasteiger partial charge in [-0.25, -0.2) is 0 Å². The summed E-state index contributed by atoms with van der Waals surface area (Å²) in [5.74, 6) is -0.268. The smallest absolute Gasteiger partial charge is 0.217 e. The number of carbonyl (C=O) groups excluding carboxylic acids is 1. The van der Waals surface area contributed by atoms with Gasteiger partial charge >= 0.3 is 0 Å². The van der Waals surface area contributed by atoms with E-state index in [0.717, 1.165) is 11.3 Å². The molecule has 0 saturated heterocycles. The Morgan fingerprint density at radius 1 is 1.00 bits per heavy atom. The lowest BCUT2D eigenvalue weighted by atomic mass is 10.0. The van der Waals surface area contributed by atoms with E-state index in [4.69, 9.17) is 5.73 Å². The second-order valence-electron chi connectivity index (χ2n) is 4.48. The summed E-state index contributed by atoms with van der Waals surface area (Å²) in [6, 6.07) is 20.2. The van der Waals surface area contributed by atoms with Crippen LogP contribution in [-0.4, -0.2) is 5.91 Å². The molecule has 0 heterocycles. The van der Waals surface area contributed by atoms with Gasteiger partial charge < -0.3 is 11.1 Å². The van der Waals surface area contributed by atoms with Crippen LogP contribution in [0.25, 0.3) is 0 Å². The predicted octanol–water partition coefficient (Wildman–Crippen LogP) is 3.11. The second kappa shape index (κ2) is 6.59. The zero-order chi connectivity index (χ0) is 13.5. The molecule has 3 nitrogen and oxygen atoms in total. The maximum Gasteiger partial charge on any atom is 0.217 e. The van der Waals surface area contributed by atoms with Crippen LogP contribution in [0.15, 0.2) is 60.7 Å². The number of nitrogens with one attached hydrogen (secondary N) is 1. The predicted molar refractivity (Wildman–Crippen MR) is 77.7 cm³/mol. The van der Waals surface area contributed by atoms with E-state index < -0.39 is 0 Å². The van der Waals surface area contributed by atoms with Gasteiger partial charge in [-0.3, -0.25) is 4.79 Å².